The molecule has 0 aromatic carbocycles. The summed E-state index contributed by atoms with van der Waals surface area (Å²) in [6.07, 6.45) is 6.89. The lowest BCUT2D eigenvalue weighted by molar-refractivity contribution is 0.135. The van der Waals surface area contributed by atoms with E-state index in [1.165, 1.54) is 17.7 Å². The Labute approximate surface area is 139 Å². The van der Waals surface area contributed by atoms with E-state index in [-0.39, 0.29) is 11.6 Å². The first-order valence-electron chi connectivity index (χ1n) is 8.58. The summed E-state index contributed by atoms with van der Waals surface area (Å²) in [5, 5.41) is 6.37. The number of fused-ring (bicyclic) bond motifs is 1. The van der Waals surface area contributed by atoms with Crippen LogP contribution in [-0.2, 0) is 11.2 Å². The zero-order chi connectivity index (χ0) is 16.7. The molecule has 2 rings (SSSR count). The molecule has 1 atom stereocenters. The Kier molecular flexibility index (Phi) is 6.39. The summed E-state index contributed by atoms with van der Waals surface area (Å²) in [4.78, 5) is 16.1. The molecule has 1 heterocycles. The smallest absolute Gasteiger partial charge is 0.407 e. The summed E-state index contributed by atoms with van der Waals surface area (Å²) < 4.78 is 5.18. The molecular weight excluding hydrogens is 290 g/mol. The fraction of sp³-hybridized carbons (Fsp3) is 0.667. The van der Waals surface area contributed by atoms with Crippen LogP contribution in [-0.4, -0.2) is 29.8 Å². The fourth-order valence-corrected chi connectivity index (χ4v) is 2.82. The summed E-state index contributed by atoms with van der Waals surface area (Å²) in [5.41, 5.74) is 2.33. The molecule has 1 amide bonds. The number of aromatic nitrogens is 1. The summed E-state index contributed by atoms with van der Waals surface area (Å²) in [6, 6.07) is 4.56. The van der Waals surface area contributed by atoms with Crippen molar-refractivity contribution >= 4 is 6.09 Å². The molecule has 1 aromatic heterocycles. The average Bonchev–Trinajstić information content (AvgIpc) is 2.49. The molecule has 0 unspecified atom stereocenters. The summed E-state index contributed by atoms with van der Waals surface area (Å²) in [5.74, 6) is 0. The van der Waals surface area contributed by atoms with Gasteiger partial charge in [-0.15, -0.1) is 0 Å². The Hall–Kier alpha value is -1.62. The first kappa shape index (κ1) is 17.7. The van der Waals surface area contributed by atoms with Crippen LogP contribution in [0.3, 0.4) is 0 Å². The standard InChI is InChI=1S/C18H29N3O2/c1-18(2,3)21-17(22)23-13-5-4-11-19-15-10-6-8-14-9-7-12-20-16(14)15/h7,9,12,15,19H,4-6,8,10-11,13H2,1-3H3,(H,21,22)/t15-/m1/s1. The molecule has 5 nitrogen and oxygen atoms in total. The summed E-state index contributed by atoms with van der Waals surface area (Å²) in [7, 11) is 0. The van der Waals surface area contributed by atoms with Crippen LogP contribution in [0.25, 0.3) is 0 Å². The predicted molar refractivity (Wildman–Crippen MR) is 91.4 cm³/mol. The van der Waals surface area contributed by atoms with Gasteiger partial charge in [-0.2, -0.15) is 0 Å². The second kappa shape index (κ2) is 8.29. The van der Waals surface area contributed by atoms with Gasteiger partial charge in [0.1, 0.15) is 0 Å². The maximum absolute atomic E-state index is 11.5. The number of aryl methyl sites for hydroxylation is 1. The SMILES string of the molecule is CC(C)(C)NC(=O)OCCCCN[C@@H]1CCCc2cccnc21. The van der Waals surface area contributed by atoms with Crippen molar-refractivity contribution in [3.8, 4) is 0 Å². The van der Waals surface area contributed by atoms with Crippen molar-refractivity contribution in [2.24, 2.45) is 0 Å². The van der Waals surface area contributed by atoms with Gasteiger partial charge in [0.05, 0.1) is 12.3 Å². The van der Waals surface area contributed by atoms with Crippen molar-refractivity contribution in [1.29, 1.82) is 0 Å². The van der Waals surface area contributed by atoms with Gasteiger partial charge in [-0.1, -0.05) is 6.07 Å². The Morgan fingerprint density at radius 2 is 2.22 bits per heavy atom. The minimum Gasteiger partial charge on any atom is -0.450 e. The van der Waals surface area contributed by atoms with E-state index in [0.29, 0.717) is 12.6 Å². The lowest BCUT2D eigenvalue weighted by atomic mass is 9.92. The Balaban J connectivity index is 1.61. The molecule has 0 radical (unpaired) electrons. The third kappa shape index (κ3) is 6.18. The largest absolute Gasteiger partial charge is 0.450 e. The molecule has 2 N–H and O–H groups in total. The van der Waals surface area contributed by atoms with Gasteiger partial charge in [-0.05, 0) is 71.0 Å². The van der Waals surface area contributed by atoms with Gasteiger partial charge in [0.2, 0.25) is 0 Å². The number of pyridine rings is 1. The highest BCUT2D eigenvalue weighted by Gasteiger charge is 2.20. The second-order valence-electron chi connectivity index (χ2n) is 7.16. The van der Waals surface area contributed by atoms with Gasteiger partial charge in [0.15, 0.2) is 0 Å². The normalized spacial score (nSPS) is 17.4. The first-order valence-corrected chi connectivity index (χ1v) is 8.58. The number of unbranched alkanes of at least 4 members (excludes halogenated alkanes) is 1. The highest BCUT2D eigenvalue weighted by atomic mass is 16.5. The van der Waals surface area contributed by atoms with Gasteiger partial charge in [0.25, 0.3) is 0 Å². The monoisotopic (exact) mass is 319 g/mol. The highest BCUT2D eigenvalue weighted by molar-refractivity contribution is 5.67. The van der Waals surface area contributed by atoms with Gasteiger partial charge >= 0.3 is 6.09 Å². The summed E-state index contributed by atoms with van der Waals surface area (Å²) >= 11 is 0. The number of amides is 1. The lowest BCUT2D eigenvalue weighted by Gasteiger charge is -2.25. The maximum Gasteiger partial charge on any atom is 0.407 e. The van der Waals surface area contributed by atoms with E-state index in [0.717, 1.165) is 32.2 Å². The number of carbonyl (C=O) groups excluding carboxylic acids is 1. The number of rotatable bonds is 6. The number of hydrogen-bond donors (Lipinski definition) is 2. The minimum atomic E-state index is -0.337. The van der Waals surface area contributed by atoms with Crippen LogP contribution in [0.1, 0.15) is 63.8 Å². The molecule has 23 heavy (non-hydrogen) atoms. The van der Waals surface area contributed by atoms with E-state index >= 15 is 0 Å². The Bertz CT molecular complexity index is 511. The lowest BCUT2D eigenvalue weighted by Crippen LogP contribution is -2.41. The molecule has 1 aliphatic carbocycles. The zero-order valence-corrected chi connectivity index (χ0v) is 14.5. The van der Waals surface area contributed by atoms with Crippen LogP contribution in [0.2, 0.25) is 0 Å². The van der Waals surface area contributed by atoms with Crippen molar-refractivity contribution in [3.63, 3.8) is 0 Å². The molecule has 0 spiro atoms. The van der Waals surface area contributed by atoms with E-state index in [1.54, 1.807) is 0 Å². The molecule has 128 valence electrons. The third-order valence-corrected chi connectivity index (χ3v) is 3.87. The second-order valence-corrected chi connectivity index (χ2v) is 7.16. The van der Waals surface area contributed by atoms with E-state index in [9.17, 15) is 4.79 Å². The minimum absolute atomic E-state index is 0.250. The van der Waals surface area contributed by atoms with Gasteiger partial charge in [-0.25, -0.2) is 4.79 Å². The maximum atomic E-state index is 11.5. The summed E-state index contributed by atoms with van der Waals surface area (Å²) in [6.45, 7) is 7.20. The van der Waals surface area contributed by atoms with Crippen LogP contribution in [0.4, 0.5) is 4.79 Å². The van der Waals surface area contributed by atoms with E-state index in [4.69, 9.17) is 4.74 Å². The van der Waals surface area contributed by atoms with Crippen molar-refractivity contribution in [2.75, 3.05) is 13.2 Å². The van der Waals surface area contributed by atoms with Gasteiger partial charge in [0, 0.05) is 17.8 Å². The Morgan fingerprint density at radius 1 is 1.39 bits per heavy atom. The fourth-order valence-electron chi connectivity index (χ4n) is 2.82. The first-order chi connectivity index (χ1) is 11.0. The van der Waals surface area contributed by atoms with Crippen LogP contribution in [0.15, 0.2) is 18.3 Å². The average molecular weight is 319 g/mol. The van der Waals surface area contributed by atoms with E-state index < -0.39 is 0 Å². The van der Waals surface area contributed by atoms with Crippen molar-refractivity contribution in [1.82, 2.24) is 15.6 Å². The molecule has 1 aliphatic rings. The van der Waals surface area contributed by atoms with Crippen LogP contribution in [0.5, 0.6) is 0 Å². The van der Waals surface area contributed by atoms with Crippen molar-refractivity contribution < 1.29 is 9.53 Å². The number of nitrogens with zero attached hydrogens (tertiary/aromatic N) is 1. The van der Waals surface area contributed by atoms with Gasteiger partial charge in [-0.3, -0.25) is 4.98 Å². The van der Waals surface area contributed by atoms with Gasteiger partial charge < -0.3 is 15.4 Å². The Morgan fingerprint density at radius 3 is 3.00 bits per heavy atom. The quantitative estimate of drug-likeness (QED) is 0.789. The number of hydrogen-bond acceptors (Lipinski definition) is 4. The molecule has 0 bridgehead atoms. The number of carbonyl (C=O) groups is 1. The molecule has 0 saturated carbocycles. The molecule has 0 aliphatic heterocycles. The van der Waals surface area contributed by atoms with Crippen LogP contribution in [0, 0.1) is 0 Å². The number of ether oxygens (including phenoxy) is 1. The van der Waals surface area contributed by atoms with E-state index in [2.05, 4.69) is 21.7 Å². The van der Waals surface area contributed by atoms with Crippen molar-refractivity contribution in [2.45, 2.75) is 64.5 Å². The molecular formula is C18H29N3O2. The number of alkyl carbamates (subject to hydrolysis) is 1. The molecule has 0 saturated heterocycles. The van der Waals surface area contributed by atoms with Crippen molar-refractivity contribution in [3.05, 3.63) is 29.6 Å². The van der Waals surface area contributed by atoms with E-state index in [1.807, 2.05) is 33.0 Å². The van der Waals surface area contributed by atoms with Crippen LogP contribution < -0.4 is 10.6 Å². The molecule has 5 heteroatoms. The zero-order valence-electron chi connectivity index (χ0n) is 14.5. The topological polar surface area (TPSA) is 63.2 Å². The molecule has 1 aromatic rings. The van der Waals surface area contributed by atoms with Crippen LogP contribution >= 0.6 is 0 Å². The molecule has 0 fully saturated rings. The number of nitrogens with one attached hydrogen (secondary N) is 2. The third-order valence-electron chi connectivity index (χ3n) is 3.87. The predicted octanol–water partition coefficient (Wildman–Crippen LogP) is 3.35. The highest BCUT2D eigenvalue weighted by Crippen LogP contribution is 2.27.